The van der Waals surface area contributed by atoms with Crippen molar-refractivity contribution in [2.24, 2.45) is 5.92 Å². The fourth-order valence-corrected chi connectivity index (χ4v) is 4.04. The van der Waals surface area contributed by atoms with Crippen molar-refractivity contribution in [1.82, 2.24) is 24.8 Å². The average molecular weight is 372 g/mol. The molecule has 0 aromatic carbocycles. The summed E-state index contributed by atoms with van der Waals surface area (Å²) in [7, 11) is 0. The number of carbonyl (C=O) groups is 2. The number of amides is 1. The predicted molar refractivity (Wildman–Crippen MR) is 97.8 cm³/mol. The Morgan fingerprint density at radius 2 is 2.11 bits per heavy atom. The van der Waals surface area contributed by atoms with Gasteiger partial charge in [-0.2, -0.15) is 0 Å². The van der Waals surface area contributed by atoms with E-state index < -0.39 is 11.6 Å². The number of fused-ring (bicyclic) bond motifs is 3. The van der Waals surface area contributed by atoms with Crippen molar-refractivity contribution >= 4 is 28.9 Å². The largest absolute Gasteiger partial charge is 0.454 e. The number of nitrogen functional groups attached to an aromatic ring is 1. The van der Waals surface area contributed by atoms with Gasteiger partial charge in [-0.15, -0.1) is 0 Å². The summed E-state index contributed by atoms with van der Waals surface area (Å²) in [6, 6.07) is 0.0554. The van der Waals surface area contributed by atoms with Gasteiger partial charge in [0.25, 0.3) is 0 Å². The molecule has 2 fully saturated rings. The summed E-state index contributed by atoms with van der Waals surface area (Å²) in [5.41, 5.74) is 6.30. The highest BCUT2D eigenvalue weighted by atomic mass is 16.6. The first-order valence-corrected chi connectivity index (χ1v) is 9.24. The van der Waals surface area contributed by atoms with Crippen LogP contribution in [0.5, 0.6) is 0 Å². The molecule has 144 valence electrons. The number of esters is 1. The maximum absolute atomic E-state index is 12.4. The molecule has 2 aliphatic rings. The van der Waals surface area contributed by atoms with E-state index in [1.54, 1.807) is 27.1 Å². The van der Waals surface area contributed by atoms with Crippen molar-refractivity contribution in [1.29, 1.82) is 0 Å². The van der Waals surface area contributed by atoms with Crippen LogP contribution in [0.2, 0.25) is 0 Å². The van der Waals surface area contributed by atoms with Crippen LogP contribution in [-0.2, 0) is 9.53 Å². The zero-order chi connectivity index (χ0) is 19.3. The van der Waals surface area contributed by atoms with Crippen LogP contribution in [0.3, 0.4) is 0 Å². The summed E-state index contributed by atoms with van der Waals surface area (Å²) in [5, 5.41) is 3.08. The van der Waals surface area contributed by atoms with E-state index in [1.165, 1.54) is 0 Å². The second-order valence-corrected chi connectivity index (χ2v) is 8.38. The molecule has 2 bridgehead atoms. The lowest BCUT2D eigenvalue weighted by atomic mass is 9.77. The third-order valence-corrected chi connectivity index (χ3v) is 5.13. The molecule has 2 aromatic rings. The Morgan fingerprint density at radius 3 is 2.85 bits per heavy atom. The number of rotatable bonds is 2. The van der Waals surface area contributed by atoms with Crippen LogP contribution in [-0.4, -0.2) is 43.0 Å². The summed E-state index contributed by atoms with van der Waals surface area (Å²) in [4.78, 5) is 37.1. The topological polar surface area (TPSA) is 125 Å². The molecule has 0 spiro atoms. The van der Waals surface area contributed by atoms with Gasteiger partial charge in [0.15, 0.2) is 11.5 Å². The van der Waals surface area contributed by atoms with E-state index in [0.717, 1.165) is 19.3 Å². The van der Waals surface area contributed by atoms with Gasteiger partial charge in [-0.25, -0.2) is 19.7 Å². The van der Waals surface area contributed by atoms with E-state index in [1.807, 2.05) is 4.57 Å². The number of nitrogens with two attached hydrogens (primary N) is 1. The molecule has 3 atom stereocenters. The molecule has 1 saturated carbocycles. The molecule has 9 heteroatoms. The van der Waals surface area contributed by atoms with Gasteiger partial charge in [0.05, 0.1) is 12.4 Å². The summed E-state index contributed by atoms with van der Waals surface area (Å²) in [6.45, 7) is 5.34. The summed E-state index contributed by atoms with van der Waals surface area (Å²) >= 11 is 0. The molecule has 0 radical (unpaired) electrons. The first kappa shape index (κ1) is 17.7. The number of ether oxygens (including phenoxy) is 1. The van der Waals surface area contributed by atoms with E-state index in [2.05, 4.69) is 20.3 Å². The first-order chi connectivity index (χ1) is 12.7. The predicted octanol–water partition coefficient (Wildman–Crippen LogP) is 1.59. The van der Waals surface area contributed by atoms with E-state index >= 15 is 0 Å². The molecule has 1 aliphatic heterocycles. The fourth-order valence-electron chi connectivity index (χ4n) is 4.04. The van der Waals surface area contributed by atoms with Gasteiger partial charge in [0, 0.05) is 12.5 Å². The molecule has 4 rings (SSSR count). The second kappa shape index (κ2) is 6.17. The number of hydrogen-bond donors (Lipinski definition) is 2. The monoisotopic (exact) mass is 372 g/mol. The number of hydrogen-bond acceptors (Lipinski definition) is 7. The number of carbonyl (C=O) groups excluding carboxylic acids is 2. The van der Waals surface area contributed by atoms with Gasteiger partial charge < -0.3 is 20.4 Å². The summed E-state index contributed by atoms with van der Waals surface area (Å²) < 4.78 is 7.27. The van der Waals surface area contributed by atoms with E-state index in [-0.39, 0.29) is 29.6 Å². The van der Waals surface area contributed by atoms with Crippen LogP contribution < -0.4 is 11.1 Å². The number of piperidine rings is 1. The third kappa shape index (κ3) is 3.33. The Morgan fingerprint density at radius 1 is 1.33 bits per heavy atom. The van der Waals surface area contributed by atoms with Crippen LogP contribution in [0.4, 0.5) is 5.82 Å². The van der Waals surface area contributed by atoms with E-state index in [9.17, 15) is 9.59 Å². The molecule has 0 unspecified atom stereocenters. The molecular weight excluding hydrogens is 348 g/mol. The van der Waals surface area contributed by atoms with E-state index in [0.29, 0.717) is 23.5 Å². The molecule has 2 aromatic heterocycles. The zero-order valence-corrected chi connectivity index (χ0v) is 15.7. The Labute approximate surface area is 156 Å². The molecular formula is C18H24N6O3. The molecule has 3 heterocycles. The standard InChI is InChI=1S/C18H24N6O3/c1-18(2,3)27-17(26)15-22-14(19)13-16(23-15)24(8-20-13)11-5-4-9-6-10(11)21-12(25)7-9/h8-11H,4-7H2,1-3H3,(H,21,25)(H2,19,22,23)/t9-,10-,11-/m1/s1. The van der Waals surface area contributed by atoms with Crippen LogP contribution >= 0.6 is 0 Å². The fraction of sp³-hybridized carbons (Fsp3) is 0.611. The average Bonchev–Trinajstić information content (AvgIpc) is 2.97. The minimum atomic E-state index is -0.658. The van der Waals surface area contributed by atoms with E-state index in [4.69, 9.17) is 10.5 Å². The molecule has 3 N–H and O–H groups in total. The minimum Gasteiger partial charge on any atom is -0.454 e. The molecule has 27 heavy (non-hydrogen) atoms. The van der Waals surface area contributed by atoms with Gasteiger partial charge in [0.2, 0.25) is 11.7 Å². The van der Waals surface area contributed by atoms with Gasteiger partial charge >= 0.3 is 5.97 Å². The minimum absolute atomic E-state index is 0.0243. The highest BCUT2D eigenvalue weighted by molar-refractivity contribution is 5.91. The Balaban J connectivity index is 1.72. The zero-order valence-electron chi connectivity index (χ0n) is 15.7. The first-order valence-electron chi connectivity index (χ1n) is 9.24. The molecule has 1 aliphatic carbocycles. The number of imidazole rings is 1. The smallest absolute Gasteiger partial charge is 0.377 e. The quantitative estimate of drug-likeness (QED) is 0.767. The van der Waals surface area contributed by atoms with Crippen molar-refractivity contribution in [3.63, 3.8) is 0 Å². The summed E-state index contributed by atoms with van der Waals surface area (Å²) in [5.74, 6) is -0.0432. The van der Waals surface area contributed by atoms with Gasteiger partial charge in [-0.3, -0.25) is 4.79 Å². The normalized spacial score (nSPS) is 25.3. The molecule has 9 nitrogen and oxygen atoms in total. The Hall–Kier alpha value is -2.71. The SMILES string of the molecule is CC(C)(C)OC(=O)c1nc(N)c2ncn([C@@H]3CC[C@H]4CC(=O)N[C@@H]3C4)c2n1. The Bertz CT molecular complexity index is 916. The van der Waals surface area contributed by atoms with Crippen LogP contribution in [0.1, 0.15) is 63.1 Å². The highest BCUT2D eigenvalue weighted by Crippen LogP contribution is 2.38. The second-order valence-electron chi connectivity index (χ2n) is 8.38. The van der Waals surface area contributed by atoms with Crippen molar-refractivity contribution < 1.29 is 14.3 Å². The number of nitrogens with one attached hydrogen (secondary N) is 1. The van der Waals surface area contributed by atoms with Crippen molar-refractivity contribution in [3.05, 3.63) is 12.2 Å². The highest BCUT2D eigenvalue weighted by Gasteiger charge is 2.38. The van der Waals surface area contributed by atoms with Crippen LogP contribution in [0, 0.1) is 5.92 Å². The lowest BCUT2D eigenvalue weighted by molar-refractivity contribution is -0.126. The van der Waals surface area contributed by atoms with Gasteiger partial charge in [-0.05, 0) is 46.0 Å². The maximum Gasteiger partial charge on any atom is 0.377 e. The third-order valence-electron chi connectivity index (χ3n) is 5.13. The van der Waals surface area contributed by atoms with Crippen molar-refractivity contribution in [3.8, 4) is 0 Å². The van der Waals surface area contributed by atoms with Gasteiger partial charge in [0.1, 0.15) is 11.1 Å². The molecule has 1 saturated heterocycles. The van der Waals surface area contributed by atoms with Crippen LogP contribution in [0.15, 0.2) is 6.33 Å². The number of nitrogens with zero attached hydrogens (tertiary/aromatic N) is 4. The lowest BCUT2D eigenvalue weighted by Gasteiger charge is -2.40. The van der Waals surface area contributed by atoms with Crippen LogP contribution in [0.25, 0.3) is 11.2 Å². The lowest BCUT2D eigenvalue weighted by Crippen LogP contribution is -2.49. The molecule has 1 amide bonds. The van der Waals surface area contributed by atoms with Crippen molar-refractivity contribution in [2.45, 2.75) is 64.1 Å². The summed E-state index contributed by atoms with van der Waals surface area (Å²) in [6.07, 6.45) is 5.10. The number of aromatic nitrogens is 4. The van der Waals surface area contributed by atoms with Gasteiger partial charge in [-0.1, -0.05) is 0 Å². The maximum atomic E-state index is 12.4. The Kier molecular flexibility index (Phi) is 4.05. The van der Waals surface area contributed by atoms with Crippen molar-refractivity contribution in [2.75, 3.05) is 5.73 Å². The number of anilines is 1.